The van der Waals surface area contributed by atoms with E-state index in [0.29, 0.717) is 5.56 Å². The lowest BCUT2D eigenvalue weighted by atomic mass is 10.0. The van der Waals surface area contributed by atoms with Crippen molar-refractivity contribution in [1.29, 1.82) is 0 Å². The molecule has 118 valence electrons. The number of nitrogens with one attached hydrogen (secondary N) is 1. The Morgan fingerprint density at radius 3 is 2.59 bits per heavy atom. The average Bonchev–Trinajstić information content (AvgIpc) is 2.92. The molecule has 0 aliphatic heterocycles. The maximum Gasteiger partial charge on any atom is 0.311 e. The Balaban J connectivity index is 2.13. The molecule has 0 saturated heterocycles. The summed E-state index contributed by atoms with van der Waals surface area (Å²) in [5.74, 6) is -1.80. The lowest BCUT2D eigenvalue weighted by Crippen LogP contribution is -2.40. The first-order valence-corrected chi connectivity index (χ1v) is 7.04. The molecular weight excluding hydrogens is 292 g/mol. The van der Waals surface area contributed by atoms with Gasteiger partial charge in [-0.1, -0.05) is 24.3 Å². The molecule has 0 aromatic heterocycles. The Morgan fingerprint density at radius 2 is 2.00 bits per heavy atom. The summed E-state index contributed by atoms with van der Waals surface area (Å²) < 4.78 is 30.6. The Morgan fingerprint density at radius 1 is 1.32 bits per heavy atom. The molecule has 0 spiro atoms. The van der Waals surface area contributed by atoms with Crippen molar-refractivity contribution in [1.82, 2.24) is 5.32 Å². The molecule has 0 radical (unpaired) electrons. The maximum absolute atomic E-state index is 12.9. The zero-order valence-electron chi connectivity index (χ0n) is 12.1. The molecule has 1 aromatic rings. The van der Waals surface area contributed by atoms with Crippen molar-refractivity contribution < 1.29 is 23.1 Å². The third kappa shape index (κ3) is 3.69. The summed E-state index contributed by atoms with van der Waals surface area (Å²) in [4.78, 5) is 24.0. The highest BCUT2D eigenvalue weighted by Crippen LogP contribution is 2.30. The van der Waals surface area contributed by atoms with Gasteiger partial charge in [-0.15, -0.1) is 0 Å². The summed E-state index contributed by atoms with van der Waals surface area (Å²) in [7, 11) is 0. The quantitative estimate of drug-likeness (QED) is 0.672. The third-order valence-corrected chi connectivity index (χ3v) is 3.49. The third-order valence-electron chi connectivity index (χ3n) is 3.49. The largest absolute Gasteiger partial charge is 0.466 e. The standard InChI is InChI=1S/C16H17F2NO3/c1-2-22-16(21)12-8-11(14(17)18)9-13(12)19-15(20)10-6-4-3-5-7-10/h3-7,9,12-14H,2,8H2,1H3,(H,19,20)/t12-,13+/m1/s1. The number of hydrogen-bond donors (Lipinski definition) is 1. The minimum atomic E-state index is -2.64. The van der Waals surface area contributed by atoms with E-state index in [1.54, 1.807) is 37.3 Å². The molecule has 2 atom stereocenters. The van der Waals surface area contributed by atoms with E-state index in [2.05, 4.69) is 5.32 Å². The van der Waals surface area contributed by atoms with Crippen LogP contribution in [0.15, 0.2) is 42.0 Å². The fourth-order valence-corrected chi connectivity index (χ4v) is 2.40. The first-order chi connectivity index (χ1) is 10.5. The molecule has 2 rings (SSSR count). The number of carbonyl (C=O) groups excluding carboxylic acids is 2. The zero-order chi connectivity index (χ0) is 16.1. The summed E-state index contributed by atoms with van der Waals surface area (Å²) in [5, 5.41) is 2.62. The highest BCUT2D eigenvalue weighted by atomic mass is 19.3. The van der Waals surface area contributed by atoms with Crippen molar-refractivity contribution in [2.45, 2.75) is 25.8 Å². The van der Waals surface area contributed by atoms with Gasteiger partial charge in [-0.3, -0.25) is 9.59 Å². The Kier molecular flexibility index (Phi) is 5.25. The predicted octanol–water partition coefficient (Wildman–Crippen LogP) is 2.56. The summed E-state index contributed by atoms with van der Waals surface area (Å²) in [5.41, 5.74) is 0.264. The number of esters is 1. The van der Waals surface area contributed by atoms with Gasteiger partial charge < -0.3 is 10.1 Å². The number of rotatable bonds is 5. The van der Waals surface area contributed by atoms with Crippen LogP contribution in [0.3, 0.4) is 0 Å². The van der Waals surface area contributed by atoms with Crippen molar-refractivity contribution in [2.24, 2.45) is 5.92 Å². The second-order valence-corrected chi connectivity index (χ2v) is 4.97. The normalized spacial score (nSPS) is 20.6. The smallest absolute Gasteiger partial charge is 0.311 e. The van der Waals surface area contributed by atoms with Crippen molar-refractivity contribution in [3.8, 4) is 0 Å². The average molecular weight is 309 g/mol. The summed E-state index contributed by atoms with van der Waals surface area (Å²) in [6.45, 7) is 1.81. The fourth-order valence-electron chi connectivity index (χ4n) is 2.40. The lowest BCUT2D eigenvalue weighted by Gasteiger charge is -2.19. The first-order valence-electron chi connectivity index (χ1n) is 7.04. The van der Waals surface area contributed by atoms with E-state index in [9.17, 15) is 18.4 Å². The highest BCUT2D eigenvalue weighted by molar-refractivity contribution is 5.95. The number of ether oxygens (including phenoxy) is 1. The van der Waals surface area contributed by atoms with Crippen LogP contribution in [0.1, 0.15) is 23.7 Å². The summed E-state index contributed by atoms with van der Waals surface area (Å²) >= 11 is 0. The van der Waals surface area contributed by atoms with Gasteiger partial charge >= 0.3 is 5.97 Å². The van der Waals surface area contributed by atoms with Crippen molar-refractivity contribution >= 4 is 11.9 Å². The molecule has 0 heterocycles. The highest BCUT2D eigenvalue weighted by Gasteiger charge is 2.37. The van der Waals surface area contributed by atoms with Crippen LogP contribution in [0.4, 0.5) is 8.78 Å². The number of halogens is 2. The van der Waals surface area contributed by atoms with E-state index in [4.69, 9.17) is 4.74 Å². The molecule has 6 heteroatoms. The van der Waals surface area contributed by atoms with Gasteiger partial charge in [0.1, 0.15) is 0 Å². The van der Waals surface area contributed by atoms with E-state index in [-0.39, 0.29) is 18.6 Å². The van der Waals surface area contributed by atoms with E-state index < -0.39 is 30.3 Å². The Bertz CT molecular complexity index is 572. The van der Waals surface area contributed by atoms with Gasteiger partial charge in [-0.25, -0.2) is 8.78 Å². The maximum atomic E-state index is 12.9. The molecule has 0 fully saturated rings. The minimum Gasteiger partial charge on any atom is -0.466 e. The van der Waals surface area contributed by atoms with Gasteiger partial charge in [0.05, 0.1) is 18.6 Å². The van der Waals surface area contributed by atoms with E-state index in [1.807, 2.05) is 0 Å². The molecule has 4 nitrogen and oxygen atoms in total. The zero-order valence-corrected chi connectivity index (χ0v) is 12.1. The Hall–Kier alpha value is -2.24. The van der Waals surface area contributed by atoms with Crippen LogP contribution in [0.2, 0.25) is 0 Å². The van der Waals surface area contributed by atoms with E-state index in [1.165, 1.54) is 6.08 Å². The Labute approximate surface area is 127 Å². The predicted molar refractivity (Wildman–Crippen MR) is 76.5 cm³/mol. The van der Waals surface area contributed by atoms with E-state index >= 15 is 0 Å². The lowest BCUT2D eigenvalue weighted by molar-refractivity contribution is -0.148. The van der Waals surface area contributed by atoms with Gasteiger partial charge in [0.25, 0.3) is 12.3 Å². The van der Waals surface area contributed by atoms with Crippen LogP contribution in [0.5, 0.6) is 0 Å². The van der Waals surface area contributed by atoms with Crippen molar-refractivity contribution in [2.75, 3.05) is 6.61 Å². The molecule has 1 aliphatic carbocycles. The van der Waals surface area contributed by atoms with Crippen LogP contribution >= 0.6 is 0 Å². The summed E-state index contributed by atoms with van der Waals surface area (Å²) in [6, 6.07) is 7.61. The molecule has 1 aliphatic rings. The van der Waals surface area contributed by atoms with Gasteiger partial charge in [0.2, 0.25) is 0 Å². The van der Waals surface area contributed by atoms with Crippen LogP contribution in [-0.4, -0.2) is 31.0 Å². The molecule has 1 aromatic carbocycles. The monoisotopic (exact) mass is 309 g/mol. The van der Waals surface area contributed by atoms with Crippen LogP contribution in [-0.2, 0) is 9.53 Å². The number of alkyl halides is 2. The second-order valence-electron chi connectivity index (χ2n) is 4.97. The van der Waals surface area contributed by atoms with Crippen LogP contribution in [0.25, 0.3) is 0 Å². The van der Waals surface area contributed by atoms with Crippen LogP contribution < -0.4 is 5.32 Å². The second kappa shape index (κ2) is 7.15. The van der Waals surface area contributed by atoms with Crippen molar-refractivity contribution in [3.63, 3.8) is 0 Å². The van der Waals surface area contributed by atoms with Gasteiger partial charge in [0, 0.05) is 5.56 Å². The molecular formula is C16H17F2NO3. The fraction of sp³-hybridized carbons (Fsp3) is 0.375. The van der Waals surface area contributed by atoms with Gasteiger partial charge in [-0.05, 0) is 31.1 Å². The molecule has 1 N–H and O–H groups in total. The number of hydrogen-bond acceptors (Lipinski definition) is 3. The number of amides is 1. The van der Waals surface area contributed by atoms with E-state index in [0.717, 1.165) is 0 Å². The molecule has 22 heavy (non-hydrogen) atoms. The van der Waals surface area contributed by atoms with Crippen LogP contribution in [0, 0.1) is 5.92 Å². The molecule has 0 bridgehead atoms. The topological polar surface area (TPSA) is 55.4 Å². The number of carbonyl (C=O) groups is 2. The molecule has 1 amide bonds. The SMILES string of the molecule is CCOC(=O)[C@@H]1CC(C(F)F)=C[C@@H]1NC(=O)c1ccccc1. The van der Waals surface area contributed by atoms with Gasteiger partial charge in [0.15, 0.2) is 0 Å². The van der Waals surface area contributed by atoms with Crippen molar-refractivity contribution in [3.05, 3.63) is 47.5 Å². The number of benzene rings is 1. The molecule has 0 unspecified atom stereocenters. The number of allylic oxidation sites excluding steroid dienone is 1. The molecule has 0 saturated carbocycles. The minimum absolute atomic E-state index is 0.101. The summed E-state index contributed by atoms with van der Waals surface area (Å²) in [6.07, 6.45) is -1.49. The van der Waals surface area contributed by atoms with Gasteiger partial charge in [-0.2, -0.15) is 0 Å². The first kappa shape index (κ1) is 16.1.